The Hall–Kier alpha value is -1.03. The van der Waals surface area contributed by atoms with Crippen LogP contribution in [0.15, 0.2) is 12.1 Å². The minimum atomic E-state index is -1.41. The molecule has 0 spiro atoms. The van der Waals surface area contributed by atoms with Crippen molar-refractivity contribution < 1.29 is 13.2 Å². The number of benzene rings is 1. The topological polar surface area (TPSA) is 12.0 Å². The Labute approximate surface area is 100 Å². The molecular weight excluding hydrogens is 227 g/mol. The summed E-state index contributed by atoms with van der Waals surface area (Å²) >= 11 is 0. The van der Waals surface area contributed by atoms with Gasteiger partial charge in [0.1, 0.15) is 0 Å². The molecule has 0 atom stereocenters. The smallest absolute Gasteiger partial charge is 0.194 e. The quantitative estimate of drug-likeness (QED) is 0.781. The molecule has 4 heteroatoms. The largest absolute Gasteiger partial charge is 0.312 e. The second-order valence-electron chi connectivity index (χ2n) is 4.99. The van der Waals surface area contributed by atoms with Gasteiger partial charge in [0.15, 0.2) is 17.5 Å². The predicted molar refractivity (Wildman–Crippen MR) is 62.1 cm³/mol. The summed E-state index contributed by atoms with van der Waals surface area (Å²) in [4.78, 5) is 0. The number of hydrogen-bond acceptors (Lipinski definition) is 1. The summed E-state index contributed by atoms with van der Waals surface area (Å²) in [5.74, 6) is -3.70. The van der Waals surface area contributed by atoms with E-state index in [4.69, 9.17) is 0 Å². The average molecular weight is 245 g/mol. The van der Waals surface area contributed by atoms with E-state index in [0.29, 0.717) is 12.1 Å². The molecule has 1 aromatic rings. The Morgan fingerprint density at radius 3 is 2.12 bits per heavy atom. The third kappa shape index (κ3) is 4.04. The molecule has 17 heavy (non-hydrogen) atoms. The third-order valence-corrected chi connectivity index (χ3v) is 2.93. The van der Waals surface area contributed by atoms with Gasteiger partial charge in [0.25, 0.3) is 0 Å². The number of hydrogen-bond donors (Lipinski definition) is 1. The summed E-state index contributed by atoms with van der Waals surface area (Å²) in [6.07, 6.45) is 1.01. The number of rotatable bonds is 5. The molecule has 0 aliphatic rings. The van der Waals surface area contributed by atoms with Crippen LogP contribution in [0.2, 0.25) is 0 Å². The molecule has 0 saturated carbocycles. The summed E-state index contributed by atoms with van der Waals surface area (Å²) < 4.78 is 38.6. The Morgan fingerprint density at radius 2 is 1.65 bits per heavy atom. The number of nitrogens with one attached hydrogen (secondary N) is 1. The fourth-order valence-corrected chi connectivity index (χ4v) is 1.38. The molecule has 0 saturated heterocycles. The summed E-state index contributed by atoms with van der Waals surface area (Å²) in [5, 5.41) is 3.11. The zero-order valence-corrected chi connectivity index (χ0v) is 10.4. The molecule has 96 valence electrons. The van der Waals surface area contributed by atoms with Crippen LogP contribution in [0, 0.1) is 22.9 Å². The minimum absolute atomic E-state index is 0.136. The molecular formula is C13H18F3N. The van der Waals surface area contributed by atoms with Crippen molar-refractivity contribution in [1.29, 1.82) is 0 Å². The van der Waals surface area contributed by atoms with E-state index in [1.807, 2.05) is 0 Å². The highest BCUT2D eigenvalue weighted by molar-refractivity contribution is 5.19. The van der Waals surface area contributed by atoms with Crippen molar-refractivity contribution >= 4 is 0 Å². The van der Waals surface area contributed by atoms with Crippen LogP contribution < -0.4 is 5.32 Å². The van der Waals surface area contributed by atoms with E-state index < -0.39 is 17.5 Å². The van der Waals surface area contributed by atoms with Gasteiger partial charge in [0.05, 0.1) is 0 Å². The molecule has 0 aliphatic heterocycles. The summed E-state index contributed by atoms with van der Waals surface area (Å²) in [7, 11) is 0. The SMILES string of the molecule is CCC(C)(C)CNCc1cc(F)c(F)c(F)c1. The predicted octanol–water partition coefficient (Wildman–Crippen LogP) is 3.63. The molecule has 0 unspecified atom stereocenters. The lowest BCUT2D eigenvalue weighted by atomic mass is 9.90. The summed E-state index contributed by atoms with van der Waals surface area (Å²) in [6.45, 7) is 7.36. The zero-order chi connectivity index (χ0) is 13.1. The Bertz CT molecular complexity index is 365. The Kier molecular flexibility index (Phi) is 4.57. The van der Waals surface area contributed by atoms with Crippen molar-refractivity contribution in [2.75, 3.05) is 6.54 Å². The fraction of sp³-hybridized carbons (Fsp3) is 0.538. The first-order valence-corrected chi connectivity index (χ1v) is 5.70. The maximum absolute atomic E-state index is 12.9. The van der Waals surface area contributed by atoms with Crippen LogP contribution in [-0.4, -0.2) is 6.54 Å². The van der Waals surface area contributed by atoms with Gasteiger partial charge in [0.2, 0.25) is 0 Å². The van der Waals surface area contributed by atoms with Gasteiger partial charge in [-0.3, -0.25) is 0 Å². The lowest BCUT2D eigenvalue weighted by Gasteiger charge is -2.23. The van der Waals surface area contributed by atoms with E-state index in [-0.39, 0.29) is 5.41 Å². The van der Waals surface area contributed by atoms with Crippen LogP contribution in [0.25, 0.3) is 0 Å². The van der Waals surface area contributed by atoms with Gasteiger partial charge in [-0.1, -0.05) is 20.8 Å². The first-order chi connectivity index (χ1) is 7.85. The van der Waals surface area contributed by atoms with Crippen molar-refractivity contribution in [3.05, 3.63) is 35.1 Å². The first kappa shape index (κ1) is 14.0. The third-order valence-electron chi connectivity index (χ3n) is 2.93. The van der Waals surface area contributed by atoms with Crippen molar-refractivity contribution in [3.63, 3.8) is 0 Å². The molecule has 0 bridgehead atoms. The average Bonchev–Trinajstić information content (AvgIpc) is 2.25. The Morgan fingerprint density at radius 1 is 1.12 bits per heavy atom. The van der Waals surface area contributed by atoms with Gasteiger partial charge < -0.3 is 5.32 Å². The van der Waals surface area contributed by atoms with Crippen LogP contribution in [0.4, 0.5) is 13.2 Å². The van der Waals surface area contributed by atoms with Crippen LogP contribution in [-0.2, 0) is 6.54 Å². The molecule has 1 rings (SSSR count). The standard InChI is InChI=1S/C13H18F3N/c1-4-13(2,3)8-17-7-9-5-10(14)12(16)11(15)6-9/h5-6,17H,4,7-8H2,1-3H3. The molecule has 1 aromatic carbocycles. The lowest BCUT2D eigenvalue weighted by Crippen LogP contribution is -2.28. The van der Waals surface area contributed by atoms with E-state index in [2.05, 4.69) is 26.1 Å². The first-order valence-electron chi connectivity index (χ1n) is 5.70. The summed E-state index contributed by atoms with van der Waals surface area (Å²) in [6, 6.07) is 2.04. The normalized spacial score (nSPS) is 11.9. The van der Waals surface area contributed by atoms with Gasteiger partial charge in [-0.25, -0.2) is 13.2 Å². The van der Waals surface area contributed by atoms with Gasteiger partial charge in [-0.2, -0.15) is 0 Å². The molecule has 0 fully saturated rings. The van der Waals surface area contributed by atoms with E-state index in [9.17, 15) is 13.2 Å². The molecule has 0 aromatic heterocycles. The van der Waals surface area contributed by atoms with Gasteiger partial charge in [-0.05, 0) is 29.5 Å². The second-order valence-corrected chi connectivity index (χ2v) is 4.99. The van der Waals surface area contributed by atoms with Crippen LogP contribution >= 0.6 is 0 Å². The van der Waals surface area contributed by atoms with Gasteiger partial charge >= 0.3 is 0 Å². The molecule has 0 aliphatic carbocycles. The summed E-state index contributed by atoms with van der Waals surface area (Å²) in [5.41, 5.74) is 0.546. The molecule has 1 nitrogen and oxygen atoms in total. The van der Waals surface area contributed by atoms with Crippen molar-refractivity contribution in [1.82, 2.24) is 5.32 Å². The van der Waals surface area contributed by atoms with Crippen LogP contribution in [0.1, 0.15) is 32.8 Å². The van der Waals surface area contributed by atoms with Gasteiger partial charge in [0, 0.05) is 13.1 Å². The Balaban J connectivity index is 2.59. The minimum Gasteiger partial charge on any atom is -0.312 e. The molecule has 0 amide bonds. The molecule has 1 N–H and O–H groups in total. The van der Waals surface area contributed by atoms with E-state index in [1.165, 1.54) is 0 Å². The zero-order valence-electron chi connectivity index (χ0n) is 10.4. The lowest BCUT2D eigenvalue weighted by molar-refractivity contribution is 0.327. The van der Waals surface area contributed by atoms with E-state index >= 15 is 0 Å². The van der Waals surface area contributed by atoms with Crippen molar-refractivity contribution in [3.8, 4) is 0 Å². The highest BCUT2D eigenvalue weighted by Gasteiger charge is 2.15. The molecule has 0 heterocycles. The highest BCUT2D eigenvalue weighted by Crippen LogP contribution is 2.18. The highest BCUT2D eigenvalue weighted by atomic mass is 19.2. The van der Waals surface area contributed by atoms with Crippen molar-refractivity contribution in [2.24, 2.45) is 5.41 Å². The number of halogens is 3. The maximum atomic E-state index is 12.9. The fourth-order valence-electron chi connectivity index (χ4n) is 1.38. The van der Waals surface area contributed by atoms with Crippen molar-refractivity contribution in [2.45, 2.75) is 33.7 Å². The van der Waals surface area contributed by atoms with Crippen LogP contribution in [0.5, 0.6) is 0 Å². The van der Waals surface area contributed by atoms with E-state index in [0.717, 1.165) is 25.1 Å². The maximum Gasteiger partial charge on any atom is 0.194 e. The second kappa shape index (κ2) is 5.54. The van der Waals surface area contributed by atoms with Crippen LogP contribution in [0.3, 0.4) is 0 Å². The van der Waals surface area contributed by atoms with E-state index in [1.54, 1.807) is 0 Å². The monoisotopic (exact) mass is 245 g/mol. The van der Waals surface area contributed by atoms with Gasteiger partial charge in [-0.15, -0.1) is 0 Å². The molecule has 0 radical (unpaired) electrons.